The molecule has 9 aromatic carbocycles. The van der Waals surface area contributed by atoms with Gasteiger partial charge in [0.25, 0.3) is 0 Å². The molecule has 0 fully saturated rings. The van der Waals surface area contributed by atoms with Crippen molar-refractivity contribution in [3.8, 4) is 34.4 Å². The van der Waals surface area contributed by atoms with Crippen molar-refractivity contribution < 1.29 is 8.78 Å². The number of nitrogens with zero attached hydrogens (tertiary/aromatic N) is 4. The third-order valence-corrected chi connectivity index (χ3v) is 12.3. The lowest BCUT2D eigenvalue weighted by Gasteiger charge is -2.41. The van der Waals surface area contributed by atoms with Gasteiger partial charge in [-0.05, 0) is 117 Å². The van der Waals surface area contributed by atoms with Crippen LogP contribution < -0.4 is 9.80 Å². The van der Waals surface area contributed by atoms with Crippen LogP contribution in [-0.2, 0) is 5.41 Å². The van der Waals surface area contributed by atoms with Crippen molar-refractivity contribution in [3.05, 3.63) is 239 Å². The largest absolute Gasteiger partial charge is 0.306 e. The highest BCUT2D eigenvalue weighted by Crippen LogP contribution is 2.63. The van der Waals surface area contributed by atoms with E-state index in [-0.39, 0.29) is 0 Å². The minimum atomic E-state index is -0.854. The van der Waals surface area contributed by atoms with Crippen molar-refractivity contribution in [1.82, 2.24) is 0 Å². The van der Waals surface area contributed by atoms with E-state index in [2.05, 4.69) is 97.1 Å². The van der Waals surface area contributed by atoms with Gasteiger partial charge in [0.15, 0.2) is 0 Å². The Balaban J connectivity index is 1.25. The summed E-state index contributed by atoms with van der Waals surface area (Å²) in [5.41, 5.74) is 11.6. The van der Waals surface area contributed by atoms with Crippen LogP contribution in [0.15, 0.2) is 194 Å². The quantitative estimate of drug-likeness (QED) is 0.168. The number of fused-ring (bicyclic) bond motifs is 9. The molecule has 0 saturated heterocycles. The van der Waals surface area contributed by atoms with Crippen LogP contribution in [0.4, 0.5) is 42.9 Å². The van der Waals surface area contributed by atoms with Crippen molar-refractivity contribution in [2.75, 3.05) is 9.80 Å². The lowest BCUT2D eigenvalue weighted by molar-refractivity contribution is 0.628. The summed E-state index contributed by atoms with van der Waals surface area (Å²) < 4.78 is 32.2. The average molecular weight is 787 g/mol. The molecule has 2 aliphatic rings. The first kappa shape index (κ1) is 35.8. The second kappa shape index (κ2) is 13.9. The molecule has 0 heterocycles. The summed E-state index contributed by atoms with van der Waals surface area (Å²) in [6.45, 7) is 0. The van der Waals surface area contributed by atoms with Gasteiger partial charge in [-0.15, -0.1) is 0 Å². The van der Waals surface area contributed by atoms with Crippen molar-refractivity contribution in [2.45, 2.75) is 5.41 Å². The highest BCUT2D eigenvalue weighted by molar-refractivity contribution is 6.12. The Labute approximate surface area is 351 Å². The second-order valence-corrected chi connectivity index (χ2v) is 15.3. The SMILES string of the molecule is N#Cc1ccccc1N(c1ccc2c(c1)C1(c3ccccc3-2)c2ccccc2-c2ccc(N(c3ccccc3F)c3ccccc3C#N)c3cccc1c23)c1ccccc1F. The number of hydrogen-bond donors (Lipinski definition) is 0. The van der Waals surface area contributed by atoms with E-state index < -0.39 is 17.0 Å². The Bertz CT molecular complexity index is 3360. The number of rotatable bonds is 6. The zero-order chi connectivity index (χ0) is 41.2. The van der Waals surface area contributed by atoms with Crippen molar-refractivity contribution in [3.63, 3.8) is 0 Å². The number of nitriles is 2. The number of halogens is 2. The third kappa shape index (κ3) is 5.13. The predicted octanol–water partition coefficient (Wildman–Crippen LogP) is 14.1. The maximum absolute atomic E-state index is 16.1. The van der Waals surface area contributed by atoms with Gasteiger partial charge in [0.1, 0.15) is 23.8 Å². The van der Waals surface area contributed by atoms with Crippen LogP contribution >= 0.6 is 0 Å². The van der Waals surface area contributed by atoms with E-state index in [1.807, 2.05) is 58.3 Å². The lowest BCUT2D eigenvalue weighted by Crippen LogP contribution is -2.32. The zero-order valence-electron chi connectivity index (χ0n) is 32.5. The second-order valence-electron chi connectivity index (χ2n) is 15.3. The third-order valence-electron chi connectivity index (χ3n) is 12.3. The molecular formula is C55H32F2N4. The molecule has 4 nitrogen and oxygen atoms in total. The number of benzene rings is 9. The van der Waals surface area contributed by atoms with Crippen molar-refractivity contribution in [2.24, 2.45) is 0 Å². The first-order valence-corrected chi connectivity index (χ1v) is 20.0. The van der Waals surface area contributed by atoms with Gasteiger partial charge in [0.2, 0.25) is 0 Å². The first-order valence-electron chi connectivity index (χ1n) is 20.0. The monoisotopic (exact) mass is 786 g/mol. The normalized spacial score (nSPS) is 14.1. The van der Waals surface area contributed by atoms with Gasteiger partial charge in [0, 0.05) is 11.1 Å². The zero-order valence-corrected chi connectivity index (χ0v) is 32.5. The predicted molar refractivity (Wildman–Crippen MR) is 239 cm³/mol. The molecule has 1 atom stereocenters. The molecule has 61 heavy (non-hydrogen) atoms. The summed E-state index contributed by atoms with van der Waals surface area (Å²) in [6, 6.07) is 66.3. The summed E-state index contributed by atoms with van der Waals surface area (Å²) in [5.74, 6) is -0.832. The summed E-state index contributed by atoms with van der Waals surface area (Å²) in [5, 5.41) is 22.6. The molecule has 0 N–H and O–H groups in total. The average Bonchev–Trinajstić information content (AvgIpc) is 3.60. The van der Waals surface area contributed by atoms with Gasteiger partial charge >= 0.3 is 0 Å². The van der Waals surface area contributed by atoms with Gasteiger partial charge in [-0.2, -0.15) is 10.5 Å². The summed E-state index contributed by atoms with van der Waals surface area (Å²) >= 11 is 0. The van der Waals surface area contributed by atoms with Crippen LogP contribution in [-0.4, -0.2) is 0 Å². The molecule has 11 rings (SSSR count). The van der Waals surface area contributed by atoms with Gasteiger partial charge in [-0.25, -0.2) is 8.78 Å². The molecule has 286 valence electrons. The van der Waals surface area contributed by atoms with Gasteiger partial charge < -0.3 is 9.80 Å². The van der Waals surface area contributed by atoms with E-state index in [1.54, 1.807) is 48.5 Å². The van der Waals surface area contributed by atoms with E-state index in [4.69, 9.17) is 0 Å². The summed E-state index contributed by atoms with van der Waals surface area (Å²) in [7, 11) is 0. The van der Waals surface area contributed by atoms with E-state index in [0.29, 0.717) is 39.6 Å². The number of anilines is 6. The topological polar surface area (TPSA) is 54.1 Å². The molecule has 1 unspecified atom stereocenters. The van der Waals surface area contributed by atoms with Crippen LogP contribution in [0, 0.1) is 34.3 Å². The minimum Gasteiger partial charge on any atom is -0.306 e. The van der Waals surface area contributed by atoms with Gasteiger partial charge in [-0.3, -0.25) is 0 Å². The molecule has 0 radical (unpaired) electrons. The van der Waals surface area contributed by atoms with Crippen LogP contribution in [0.3, 0.4) is 0 Å². The highest BCUT2D eigenvalue weighted by atomic mass is 19.1. The first-order chi connectivity index (χ1) is 30.0. The van der Waals surface area contributed by atoms with Crippen molar-refractivity contribution in [1.29, 1.82) is 10.5 Å². The Hall–Kier alpha value is -8.32. The molecule has 1 spiro atoms. The maximum atomic E-state index is 16.1. The molecule has 0 bridgehead atoms. The molecule has 0 saturated carbocycles. The summed E-state index contributed by atoms with van der Waals surface area (Å²) in [6.07, 6.45) is 0. The van der Waals surface area contributed by atoms with Crippen molar-refractivity contribution >= 4 is 44.9 Å². The molecule has 6 heteroatoms. The van der Waals surface area contributed by atoms with E-state index in [9.17, 15) is 10.5 Å². The van der Waals surface area contributed by atoms with Crippen LogP contribution in [0.5, 0.6) is 0 Å². The molecule has 9 aromatic rings. The molecule has 0 aliphatic heterocycles. The van der Waals surface area contributed by atoms with Crippen LogP contribution in [0.2, 0.25) is 0 Å². The molecular weight excluding hydrogens is 755 g/mol. The van der Waals surface area contributed by atoms with E-state index in [1.165, 1.54) is 12.1 Å². The fraction of sp³-hybridized carbons (Fsp3) is 0.0182. The Kier molecular flexibility index (Phi) is 8.17. The summed E-state index contributed by atoms with van der Waals surface area (Å²) in [4.78, 5) is 3.70. The molecule has 0 amide bonds. The Morgan fingerprint density at radius 1 is 0.377 bits per heavy atom. The number of hydrogen-bond acceptors (Lipinski definition) is 4. The van der Waals surface area contributed by atoms with Gasteiger partial charge in [0.05, 0.1) is 45.0 Å². The highest BCUT2D eigenvalue weighted by Gasteiger charge is 2.50. The minimum absolute atomic E-state index is 0.321. The Morgan fingerprint density at radius 2 is 0.852 bits per heavy atom. The number of para-hydroxylation sites is 4. The molecule has 2 aliphatic carbocycles. The maximum Gasteiger partial charge on any atom is 0.147 e. The van der Waals surface area contributed by atoms with Gasteiger partial charge in [-0.1, -0.05) is 127 Å². The van der Waals surface area contributed by atoms with E-state index in [0.717, 1.165) is 61.0 Å². The standard InChI is InChI=1S/C55H32F2N4/c56-47-22-7-11-26-52(47)60(49-24-9-1-14-35(49)33-58)37-28-29-40-38-16-3-5-19-43(38)55(46(40)32-37)44-20-6-4-17-39(44)41-30-31-51(42-18-13-21-45(55)54(41)42)61(53-27-12-8-23-48(53)57)50-25-10-2-15-36(50)34-59/h1-32H. The van der Waals surface area contributed by atoms with Crippen LogP contribution in [0.25, 0.3) is 33.0 Å². The Morgan fingerprint density at radius 3 is 1.48 bits per heavy atom. The lowest BCUT2D eigenvalue weighted by atomic mass is 9.61. The molecule has 0 aromatic heterocycles. The van der Waals surface area contributed by atoms with E-state index >= 15 is 8.78 Å². The fourth-order valence-corrected chi connectivity index (χ4v) is 9.89. The smallest absolute Gasteiger partial charge is 0.147 e. The fourth-order valence-electron chi connectivity index (χ4n) is 9.89. The van der Waals surface area contributed by atoms with Crippen LogP contribution in [0.1, 0.15) is 33.4 Å².